The molecular formula is C10H13NO3. The number of carboxylic acid groups (broad SMARTS) is 1. The summed E-state index contributed by atoms with van der Waals surface area (Å²) in [4.78, 5) is 22.3. The topological polar surface area (TPSA) is 59.3 Å². The predicted molar refractivity (Wildman–Crippen MR) is 52.4 cm³/mol. The molecule has 1 atom stereocenters. The van der Waals surface area contributed by atoms with Crippen LogP contribution in [0.3, 0.4) is 0 Å². The van der Waals surface area contributed by atoms with Gasteiger partial charge in [0.15, 0.2) is 0 Å². The van der Waals surface area contributed by atoms with Gasteiger partial charge in [-0.05, 0) is 25.0 Å². The van der Waals surface area contributed by atoms with Crippen LogP contribution < -0.4 is 5.56 Å². The van der Waals surface area contributed by atoms with Gasteiger partial charge in [0.05, 0.1) is 0 Å². The van der Waals surface area contributed by atoms with Gasteiger partial charge in [-0.1, -0.05) is 6.92 Å². The highest BCUT2D eigenvalue weighted by Crippen LogP contribution is 2.08. The zero-order chi connectivity index (χ0) is 10.7. The number of aliphatic carboxylic acids is 1. The predicted octanol–water partition coefficient (Wildman–Crippen LogP) is 1.19. The van der Waals surface area contributed by atoms with E-state index in [1.807, 2.05) is 0 Å². The maximum absolute atomic E-state index is 11.4. The zero-order valence-electron chi connectivity index (χ0n) is 8.23. The number of hydrogen-bond donors (Lipinski definition) is 1. The molecule has 0 aromatic carbocycles. The fourth-order valence-electron chi connectivity index (χ4n) is 1.34. The van der Waals surface area contributed by atoms with Crippen molar-refractivity contribution in [3.8, 4) is 0 Å². The number of pyridine rings is 1. The summed E-state index contributed by atoms with van der Waals surface area (Å²) >= 11 is 0. The first-order chi connectivity index (χ1) is 6.56. The zero-order valence-corrected chi connectivity index (χ0v) is 8.23. The molecule has 1 heterocycles. The molecule has 0 unspecified atom stereocenters. The summed E-state index contributed by atoms with van der Waals surface area (Å²) in [5.41, 5.74) is 0.575. The highest BCUT2D eigenvalue weighted by atomic mass is 16.4. The molecule has 0 fully saturated rings. The minimum atomic E-state index is -0.974. The van der Waals surface area contributed by atoms with Gasteiger partial charge in [0.2, 0.25) is 0 Å². The second kappa shape index (κ2) is 4.09. The Morgan fingerprint density at radius 1 is 1.64 bits per heavy atom. The number of nitrogens with zero attached hydrogens (tertiary/aromatic N) is 1. The van der Waals surface area contributed by atoms with E-state index in [-0.39, 0.29) is 5.56 Å². The molecule has 1 N–H and O–H groups in total. The van der Waals surface area contributed by atoms with E-state index in [0.29, 0.717) is 6.42 Å². The molecular weight excluding hydrogens is 182 g/mol. The third-order valence-corrected chi connectivity index (χ3v) is 2.11. The molecule has 0 bridgehead atoms. The third kappa shape index (κ3) is 2.02. The lowest BCUT2D eigenvalue weighted by Crippen LogP contribution is -2.28. The molecule has 0 radical (unpaired) electrons. The van der Waals surface area contributed by atoms with Crippen molar-refractivity contribution in [3.05, 3.63) is 34.2 Å². The van der Waals surface area contributed by atoms with Crippen molar-refractivity contribution in [3.63, 3.8) is 0 Å². The quantitative estimate of drug-likeness (QED) is 0.788. The van der Waals surface area contributed by atoms with E-state index in [1.54, 1.807) is 19.9 Å². The van der Waals surface area contributed by atoms with E-state index < -0.39 is 12.0 Å². The van der Waals surface area contributed by atoms with E-state index >= 15 is 0 Å². The minimum absolute atomic E-state index is 0.265. The molecule has 0 aliphatic rings. The molecule has 76 valence electrons. The number of carbonyl (C=O) groups is 1. The summed E-state index contributed by atoms with van der Waals surface area (Å²) in [7, 11) is 0. The van der Waals surface area contributed by atoms with Crippen molar-refractivity contribution in [2.75, 3.05) is 0 Å². The van der Waals surface area contributed by atoms with Crippen LogP contribution in [0, 0.1) is 6.92 Å². The smallest absolute Gasteiger partial charge is 0.326 e. The number of rotatable bonds is 3. The largest absolute Gasteiger partial charge is 0.480 e. The van der Waals surface area contributed by atoms with Gasteiger partial charge in [-0.25, -0.2) is 4.79 Å². The normalized spacial score (nSPS) is 12.4. The number of carboxylic acids is 1. The Morgan fingerprint density at radius 2 is 2.29 bits per heavy atom. The summed E-state index contributed by atoms with van der Waals surface area (Å²) in [5, 5.41) is 8.86. The van der Waals surface area contributed by atoms with Crippen LogP contribution in [0.1, 0.15) is 24.9 Å². The molecule has 4 heteroatoms. The van der Waals surface area contributed by atoms with Crippen molar-refractivity contribution in [1.29, 1.82) is 0 Å². The summed E-state index contributed by atoms with van der Waals surface area (Å²) in [6.07, 6.45) is 1.93. The molecule has 1 aromatic heterocycles. The van der Waals surface area contributed by atoms with Crippen LogP contribution in [-0.2, 0) is 4.79 Å². The molecule has 0 aliphatic heterocycles. The standard InChI is InChI=1S/C10H13NO3/c1-3-8(10(13)14)11-5-4-7(2)6-9(11)12/h4-6,8H,3H2,1-2H3,(H,13,14)/t8-/m0/s1. The molecule has 1 aromatic rings. The maximum Gasteiger partial charge on any atom is 0.326 e. The van der Waals surface area contributed by atoms with Gasteiger partial charge < -0.3 is 9.67 Å². The number of hydrogen-bond acceptors (Lipinski definition) is 2. The second-order valence-corrected chi connectivity index (χ2v) is 3.21. The van der Waals surface area contributed by atoms with Crippen molar-refractivity contribution in [2.24, 2.45) is 0 Å². The van der Waals surface area contributed by atoms with E-state index in [1.165, 1.54) is 16.8 Å². The molecule has 1 rings (SSSR count). The van der Waals surface area contributed by atoms with Crippen LogP contribution in [0.5, 0.6) is 0 Å². The van der Waals surface area contributed by atoms with Crippen LogP contribution in [0.2, 0.25) is 0 Å². The van der Waals surface area contributed by atoms with Gasteiger partial charge in [-0.2, -0.15) is 0 Å². The lowest BCUT2D eigenvalue weighted by molar-refractivity contribution is -0.141. The maximum atomic E-state index is 11.4. The number of aryl methyl sites for hydroxylation is 1. The van der Waals surface area contributed by atoms with Crippen molar-refractivity contribution >= 4 is 5.97 Å². The van der Waals surface area contributed by atoms with Gasteiger partial charge in [0, 0.05) is 12.3 Å². The molecule has 4 nitrogen and oxygen atoms in total. The van der Waals surface area contributed by atoms with E-state index in [9.17, 15) is 9.59 Å². The highest BCUT2D eigenvalue weighted by Gasteiger charge is 2.17. The second-order valence-electron chi connectivity index (χ2n) is 3.21. The van der Waals surface area contributed by atoms with Gasteiger partial charge in [-0.15, -0.1) is 0 Å². The molecule has 0 spiro atoms. The average Bonchev–Trinajstić information content (AvgIpc) is 2.09. The summed E-state index contributed by atoms with van der Waals surface area (Å²) in [6.45, 7) is 3.54. The summed E-state index contributed by atoms with van der Waals surface area (Å²) < 4.78 is 1.25. The van der Waals surface area contributed by atoms with Crippen molar-refractivity contribution in [1.82, 2.24) is 4.57 Å². The van der Waals surface area contributed by atoms with Crippen LogP contribution in [0.4, 0.5) is 0 Å². The summed E-state index contributed by atoms with van der Waals surface area (Å²) in [5.74, 6) is -0.974. The summed E-state index contributed by atoms with van der Waals surface area (Å²) in [6, 6.07) is 2.40. The SMILES string of the molecule is CC[C@@H](C(=O)O)n1ccc(C)cc1=O. The fourth-order valence-corrected chi connectivity index (χ4v) is 1.34. The molecule has 0 amide bonds. The molecule has 0 saturated heterocycles. The Kier molecular flexibility index (Phi) is 3.06. The van der Waals surface area contributed by atoms with Crippen molar-refractivity contribution < 1.29 is 9.90 Å². The first-order valence-electron chi connectivity index (χ1n) is 4.48. The van der Waals surface area contributed by atoms with Crippen LogP contribution >= 0.6 is 0 Å². The lowest BCUT2D eigenvalue weighted by Gasteiger charge is -2.13. The number of aromatic nitrogens is 1. The first-order valence-corrected chi connectivity index (χ1v) is 4.48. The Bertz CT molecular complexity index is 395. The average molecular weight is 195 g/mol. The Morgan fingerprint density at radius 3 is 2.71 bits per heavy atom. The Balaban J connectivity index is 3.18. The minimum Gasteiger partial charge on any atom is -0.480 e. The molecule has 0 aliphatic carbocycles. The molecule has 0 saturated carbocycles. The van der Waals surface area contributed by atoms with E-state index in [2.05, 4.69) is 0 Å². The molecule has 14 heavy (non-hydrogen) atoms. The highest BCUT2D eigenvalue weighted by molar-refractivity contribution is 5.71. The van der Waals surface area contributed by atoms with E-state index in [0.717, 1.165) is 5.56 Å². The monoisotopic (exact) mass is 195 g/mol. The van der Waals surface area contributed by atoms with Gasteiger partial charge in [-0.3, -0.25) is 4.79 Å². The van der Waals surface area contributed by atoms with Crippen molar-refractivity contribution in [2.45, 2.75) is 26.3 Å². The van der Waals surface area contributed by atoms with Gasteiger partial charge in [0.25, 0.3) is 5.56 Å². The van der Waals surface area contributed by atoms with Crippen LogP contribution in [-0.4, -0.2) is 15.6 Å². The Labute approximate surface area is 81.8 Å². The third-order valence-electron chi connectivity index (χ3n) is 2.11. The first kappa shape index (κ1) is 10.5. The van der Waals surface area contributed by atoms with E-state index in [4.69, 9.17) is 5.11 Å². The van der Waals surface area contributed by atoms with Gasteiger partial charge >= 0.3 is 5.97 Å². The van der Waals surface area contributed by atoms with Crippen LogP contribution in [0.25, 0.3) is 0 Å². The lowest BCUT2D eigenvalue weighted by atomic mass is 10.2. The fraction of sp³-hybridized carbons (Fsp3) is 0.400. The van der Waals surface area contributed by atoms with Crippen LogP contribution in [0.15, 0.2) is 23.1 Å². The van der Waals surface area contributed by atoms with Gasteiger partial charge in [0.1, 0.15) is 6.04 Å². The Hall–Kier alpha value is -1.58.